The van der Waals surface area contributed by atoms with Crippen LogP contribution < -0.4 is 5.32 Å². The molecule has 0 aromatic carbocycles. The number of aryl methyl sites for hydroxylation is 1. The number of nitrogens with zero attached hydrogens (tertiary/aromatic N) is 1. The van der Waals surface area contributed by atoms with Gasteiger partial charge in [0.05, 0.1) is 0 Å². The van der Waals surface area contributed by atoms with Crippen LogP contribution in [0, 0.1) is 0 Å². The Kier molecular flexibility index (Phi) is 5.56. The Morgan fingerprint density at radius 2 is 2.50 bits per heavy atom. The van der Waals surface area contributed by atoms with Crippen molar-refractivity contribution in [3.05, 3.63) is 18.2 Å². The van der Waals surface area contributed by atoms with Crippen LogP contribution in [0.15, 0.2) is 12.4 Å². The highest BCUT2D eigenvalue weighted by molar-refractivity contribution is 5.80. The van der Waals surface area contributed by atoms with E-state index in [1.54, 1.807) is 19.3 Å². The van der Waals surface area contributed by atoms with Crippen LogP contribution in [0.5, 0.6) is 0 Å². The maximum absolute atomic E-state index is 11.4. The Bertz CT molecular complexity index is 298. The molecule has 1 aromatic heterocycles. The van der Waals surface area contributed by atoms with Crippen LogP contribution in [0.25, 0.3) is 0 Å². The largest absolute Gasteiger partial charge is 0.369 e. The lowest BCUT2D eigenvalue weighted by atomic mass is 10.3. The summed E-state index contributed by atoms with van der Waals surface area (Å²) in [5.74, 6) is 0.897. The molecule has 0 spiro atoms. The smallest absolute Gasteiger partial charge is 0.248 e. The molecule has 0 bridgehead atoms. The Morgan fingerprint density at radius 1 is 1.69 bits per heavy atom. The molecule has 0 fully saturated rings. The molecule has 0 aliphatic rings. The Morgan fingerprint density at radius 3 is 3.12 bits per heavy atom. The molecular weight excluding hydrogens is 206 g/mol. The normalized spacial score (nSPS) is 12.4. The third-order valence-corrected chi connectivity index (χ3v) is 2.23. The summed E-state index contributed by atoms with van der Waals surface area (Å²) < 4.78 is 5.18. The van der Waals surface area contributed by atoms with E-state index in [1.807, 2.05) is 6.92 Å². The van der Waals surface area contributed by atoms with E-state index in [-0.39, 0.29) is 12.0 Å². The van der Waals surface area contributed by atoms with Crippen LogP contribution in [0.1, 0.15) is 26.1 Å². The summed E-state index contributed by atoms with van der Waals surface area (Å²) in [4.78, 5) is 18.6. The molecule has 5 nitrogen and oxygen atoms in total. The molecule has 0 aliphatic carbocycles. The minimum Gasteiger partial charge on any atom is -0.369 e. The first kappa shape index (κ1) is 12.7. The predicted octanol–water partition coefficient (Wildman–Crippen LogP) is 0.883. The molecule has 1 aromatic rings. The highest BCUT2D eigenvalue weighted by Gasteiger charge is 2.10. The van der Waals surface area contributed by atoms with Crippen LogP contribution in [-0.4, -0.2) is 35.1 Å². The van der Waals surface area contributed by atoms with Gasteiger partial charge in [0, 0.05) is 32.0 Å². The van der Waals surface area contributed by atoms with E-state index in [4.69, 9.17) is 4.74 Å². The summed E-state index contributed by atoms with van der Waals surface area (Å²) in [5, 5.41) is 2.82. The minimum atomic E-state index is -0.367. The van der Waals surface area contributed by atoms with Crippen molar-refractivity contribution in [1.82, 2.24) is 15.3 Å². The number of aromatic amines is 1. The van der Waals surface area contributed by atoms with Gasteiger partial charge in [-0.3, -0.25) is 4.79 Å². The maximum atomic E-state index is 11.4. The monoisotopic (exact) mass is 225 g/mol. The second kappa shape index (κ2) is 7.00. The average molecular weight is 225 g/mol. The molecule has 0 aliphatic heterocycles. The Hall–Kier alpha value is -1.36. The van der Waals surface area contributed by atoms with Crippen molar-refractivity contribution in [2.45, 2.75) is 32.8 Å². The number of ether oxygens (including phenoxy) is 1. The molecule has 1 heterocycles. The number of nitrogens with one attached hydrogen (secondary N) is 2. The van der Waals surface area contributed by atoms with E-state index in [2.05, 4.69) is 15.3 Å². The van der Waals surface area contributed by atoms with Crippen LogP contribution in [0.2, 0.25) is 0 Å². The van der Waals surface area contributed by atoms with Gasteiger partial charge in [-0.15, -0.1) is 0 Å². The van der Waals surface area contributed by atoms with E-state index < -0.39 is 0 Å². The molecule has 90 valence electrons. The lowest BCUT2D eigenvalue weighted by Gasteiger charge is -2.11. The molecule has 16 heavy (non-hydrogen) atoms. The lowest BCUT2D eigenvalue weighted by Crippen LogP contribution is -2.35. The van der Waals surface area contributed by atoms with E-state index in [9.17, 15) is 4.79 Å². The van der Waals surface area contributed by atoms with E-state index in [0.717, 1.165) is 18.7 Å². The average Bonchev–Trinajstić information content (AvgIpc) is 2.77. The minimum absolute atomic E-state index is 0.0544. The summed E-state index contributed by atoms with van der Waals surface area (Å²) in [6.07, 6.45) is 4.87. The third kappa shape index (κ3) is 4.44. The second-order valence-electron chi connectivity index (χ2n) is 3.53. The summed E-state index contributed by atoms with van der Waals surface area (Å²) in [6, 6.07) is 0. The fraction of sp³-hybridized carbons (Fsp3) is 0.636. The molecule has 1 amide bonds. The van der Waals surface area contributed by atoms with Crippen molar-refractivity contribution in [1.29, 1.82) is 0 Å². The van der Waals surface area contributed by atoms with Crippen molar-refractivity contribution < 1.29 is 9.53 Å². The maximum Gasteiger partial charge on any atom is 0.248 e. The number of hydrogen-bond donors (Lipinski definition) is 2. The van der Waals surface area contributed by atoms with Gasteiger partial charge < -0.3 is 15.0 Å². The van der Waals surface area contributed by atoms with Gasteiger partial charge >= 0.3 is 0 Å². The van der Waals surface area contributed by atoms with Crippen molar-refractivity contribution in [2.24, 2.45) is 0 Å². The van der Waals surface area contributed by atoms with Crippen LogP contribution in [0.3, 0.4) is 0 Å². The summed E-state index contributed by atoms with van der Waals surface area (Å²) in [7, 11) is 0. The molecule has 5 heteroatoms. The zero-order valence-corrected chi connectivity index (χ0v) is 9.82. The molecule has 0 saturated heterocycles. The Labute approximate surface area is 95.6 Å². The van der Waals surface area contributed by atoms with Gasteiger partial charge in [0.15, 0.2) is 0 Å². The van der Waals surface area contributed by atoms with Gasteiger partial charge in [-0.05, 0) is 20.3 Å². The molecule has 0 saturated carbocycles. The first-order valence-electron chi connectivity index (χ1n) is 5.61. The first-order valence-corrected chi connectivity index (χ1v) is 5.61. The number of amides is 1. The van der Waals surface area contributed by atoms with Gasteiger partial charge in [0.2, 0.25) is 5.91 Å². The van der Waals surface area contributed by atoms with Gasteiger partial charge in [-0.25, -0.2) is 4.98 Å². The lowest BCUT2D eigenvalue weighted by molar-refractivity contribution is -0.131. The SMILES string of the molecule is CCO[C@@H](C)C(=O)NCCCc1ncc[nH]1. The zero-order valence-electron chi connectivity index (χ0n) is 9.82. The number of hydrogen-bond acceptors (Lipinski definition) is 3. The molecule has 0 radical (unpaired) electrons. The molecule has 2 N–H and O–H groups in total. The summed E-state index contributed by atoms with van der Waals surface area (Å²) in [6.45, 7) is 4.84. The molecular formula is C11H19N3O2. The van der Waals surface area contributed by atoms with Crippen LogP contribution in [0.4, 0.5) is 0 Å². The number of aromatic nitrogens is 2. The van der Waals surface area contributed by atoms with Crippen molar-refractivity contribution in [3.8, 4) is 0 Å². The van der Waals surface area contributed by atoms with Gasteiger partial charge in [-0.1, -0.05) is 0 Å². The second-order valence-corrected chi connectivity index (χ2v) is 3.53. The van der Waals surface area contributed by atoms with Gasteiger partial charge in [0.25, 0.3) is 0 Å². The van der Waals surface area contributed by atoms with Gasteiger partial charge in [0.1, 0.15) is 11.9 Å². The van der Waals surface area contributed by atoms with E-state index in [1.165, 1.54) is 0 Å². The van der Waals surface area contributed by atoms with Crippen LogP contribution >= 0.6 is 0 Å². The van der Waals surface area contributed by atoms with Crippen molar-refractivity contribution in [2.75, 3.05) is 13.2 Å². The first-order chi connectivity index (χ1) is 7.74. The van der Waals surface area contributed by atoms with E-state index >= 15 is 0 Å². The number of H-pyrrole nitrogens is 1. The topological polar surface area (TPSA) is 67.0 Å². The summed E-state index contributed by atoms with van der Waals surface area (Å²) in [5.41, 5.74) is 0. The summed E-state index contributed by atoms with van der Waals surface area (Å²) >= 11 is 0. The molecule has 1 atom stereocenters. The number of imidazole rings is 1. The standard InChI is InChI=1S/C11H19N3O2/c1-3-16-9(2)11(15)14-6-4-5-10-12-7-8-13-10/h7-9H,3-6H2,1-2H3,(H,12,13)(H,14,15)/t9-/m0/s1. The van der Waals surface area contributed by atoms with Crippen molar-refractivity contribution in [3.63, 3.8) is 0 Å². The van der Waals surface area contributed by atoms with E-state index in [0.29, 0.717) is 13.2 Å². The zero-order chi connectivity index (χ0) is 11.8. The fourth-order valence-electron chi connectivity index (χ4n) is 1.37. The highest BCUT2D eigenvalue weighted by atomic mass is 16.5. The number of carbonyl (C=O) groups is 1. The third-order valence-electron chi connectivity index (χ3n) is 2.23. The number of rotatable bonds is 7. The predicted molar refractivity (Wildman–Crippen MR) is 61.0 cm³/mol. The fourth-order valence-corrected chi connectivity index (χ4v) is 1.37. The highest BCUT2D eigenvalue weighted by Crippen LogP contribution is 1.94. The number of carbonyl (C=O) groups excluding carboxylic acids is 1. The Balaban J connectivity index is 2.08. The quantitative estimate of drug-likeness (QED) is 0.677. The van der Waals surface area contributed by atoms with Crippen LogP contribution in [-0.2, 0) is 16.0 Å². The van der Waals surface area contributed by atoms with Gasteiger partial charge in [-0.2, -0.15) is 0 Å². The van der Waals surface area contributed by atoms with Crippen molar-refractivity contribution >= 4 is 5.91 Å². The molecule has 1 rings (SSSR count). The molecule has 0 unspecified atom stereocenters.